The third kappa shape index (κ3) is 4.69. The molecule has 0 aliphatic heterocycles. The Morgan fingerprint density at radius 2 is 1.76 bits per heavy atom. The van der Waals surface area contributed by atoms with Crippen LogP contribution in [0.1, 0.15) is 29.6 Å². The number of carbonyl (C=O) groups is 1. The fourth-order valence-corrected chi connectivity index (χ4v) is 4.53. The van der Waals surface area contributed by atoms with Crippen molar-refractivity contribution in [1.29, 1.82) is 0 Å². The highest BCUT2D eigenvalue weighted by atomic mass is 32.2. The number of rotatable bonds is 5. The molecule has 3 rings (SSSR count). The van der Waals surface area contributed by atoms with Gasteiger partial charge in [0.25, 0.3) is 5.91 Å². The quantitative estimate of drug-likeness (QED) is 0.429. The molecule has 5 N–H and O–H groups in total. The molecule has 0 saturated heterocycles. The van der Waals surface area contributed by atoms with Gasteiger partial charge in [0.1, 0.15) is 4.90 Å². The number of amides is 1. The van der Waals surface area contributed by atoms with E-state index in [4.69, 9.17) is 5.73 Å². The first-order valence-corrected chi connectivity index (χ1v) is 10.1. The Hall–Kier alpha value is -2.63. The van der Waals surface area contributed by atoms with Crippen LogP contribution in [0.15, 0.2) is 35.2 Å². The summed E-state index contributed by atoms with van der Waals surface area (Å²) < 4.78 is 67.3. The first kappa shape index (κ1) is 21.1. The lowest BCUT2D eigenvalue weighted by atomic mass is 10.2. The first-order chi connectivity index (χ1) is 13.6. The van der Waals surface area contributed by atoms with Crippen LogP contribution in [0, 0.1) is 17.5 Å². The van der Waals surface area contributed by atoms with Gasteiger partial charge in [0.15, 0.2) is 17.5 Å². The van der Waals surface area contributed by atoms with Gasteiger partial charge in [-0.2, -0.15) is 0 Å². The van der Waals surface area contributed by atoms with Crippen LogP contribution in [0.3, 0.4) is 0 Å². The van der Waals surface area contributed by atoms with Gasteiger partial charge in [-0.3, -0.25) is 4.79 Å². The van der Waals surface area contributed by atoms with E-state index in [9.17, 15) is 31.5 Å². The molecule has 11 heteroatoms. The molecule has 7 nitrogen and oxygen atoms in total. The van der Waals surface area contributed by atoms with Crippen LogP contribution < -0.4 is 15.8 Å². The van der Waals surface area contributed by atoms with E-state index in [1.54, 1.807) is 0 Å². The van der Waals surface area contributed by atoms with Crippen molar-refractivity contribution < 1.29 is 31.5 Å². The number of nitrogens with two attached hydrogens (primary N) is 1. The predicted octanol–water partition coefficient (Wildman–Crippen LogP) is 2.13. The van der Waals surface area contributed by atoms with E-state index in [1.165, 1.54) is 12.1 Å². The number of aliphatic hydroxyl groups is 1. The van der Waals surface area contributed by atoms with Crippen LogP contribution in [0.5, 0.6) is 0 Å². The average molecular weight is 429 g/mol. The fourth-order valence-electron chi connectivity index (χ4n) is 3.09. The van der Waals surface area contributed by atoms with E-state index >= 15 is 0 Å². The SMILES string of the molecule is Nc1ccc(C(=O)Nc2cc(F)c(F)c(F)c2)cc1S(=O)(=O)N[C@H]1CC[C@@H](O)C1. The second-order valence-electron chi connectivity index (χ2n) is 6.75. The Morgan fingerprint density at radius 1 is 1.10 bits per heavy atom. The molecule has 0 radical (unpaired) electrons. The van der Waals surface area contributed by atoms with E-state index in [0.717, 1.165) is 6.07 Å². The molecule has 1 amide bonds. The van der Waals surface area contributed by atoms with Gasteiger partial charge < -0.3 is 16.2 Å². The Balaban J connectivity index is 1.83. The van der Waals surface area contributed by atoms with Crippen molar-refractivity contribution in [2.45, 2.75) is 36.3 Å². The number of halogens is 3. The van der Waals surface area contributed by atoms with E-state index in [0.29, 0.717) is 25.0 Å². The van der Waals surface area contributed by atoms with Gasteiger partial charge >= 0.3 is 0 Å². The zero-order valence-corrected chi connectivity index (χ0v) is 15.8. The van der Waals surface area contributed by atoms with Crippen LogP contribution in [0.25, 0.3) is 0 Å². The molecule has 1 aliphatic rings. The van der Waals surface area contributed by atoms with Crippen LogP contribution in [-0.4, -0.2) is 31.6 Å². The minimum atomic E-state index is -4.08. The highest BCUT2D eigenvalue weighted by Gasteiger charge is 2.29. The van der Waals surface area contributed by atoms with Gasteiger partial charge in [-0.15, -0.1) is 0 Å². The summed E-state index contributed by atoms with van der Waals surface area (Å²) in [6.07, 6.45) is 0.604. The van der Waals surface area contributed by atoms with Crippen molar-refractivity contribution in [1.82, 2.24) is 4.72 Å². The number of sulfonamides is 1. The third-order valence-electron chi connectivity index (χ3n) is 4.53. The second-order valence-corrected chi connectivity index (χ2v) is 8.43. The number of aliphatic hydroxyl groups excluding tert-OH is 1. The number of anilines is 2. The Kier molecular flexibility index (Phi) is 5.82. The summed E-state index contributed by atoms with van der Waals surface area (Å²) in [5.41, 5.74) is 5.16. The summed E-state index contributed by atoms with van der Waals surface area (Å²) in [4.78, 5) is 12.0. The molecule has 2 aromatic rings. The molecule has 0 unspecified atom stereocenters. The lowest BCUT2D eigenvalue weighted by Gasteiger charge is -2.15. The van der Waals surface area contributed by atoms with E-state index < -0.39 is 45.5 Å². The Labute approximate surface area is 164 Å². The van der Waals surface area contributed by atoms with Gasteiger partial charge in [-0.25, -0.2) is 26.3 Å². The number of hydrogen-bond donors (Lipinski definition) is 4. The molecule has 0 aromatic heterocycles. The maximum atomic E-state index is 13.3. The summed E-state index contributed by atoms with van der Waals surface area (Å²) in [6.45, 7) is 0. The van der Waals surface area contributed by atoms with Crippen LogP contribution in [0.4, 0.5) is 24.5 Å². The number of benzene rings is 2. The van der Waals surface area contributed by atoms with Crippen molar-refractivity contribution in [3.8, 4) is 0 Å². The Bertz CT molecular complexity index is 1040. The summed E-state index contributed by atoms with van der Waals surface area (Å²) in [6, 6.07) is 4.19. The zero-order valence-electron chi connectivity index (χ0n) is 15.0. The lowest BCUT2D eigenvalue weighted by molar-refractivity contribution is 0.102. The van der Waals surface area contributed by atoms with Crippen LogP contribution >= 0.6 is 0 Å². The minimum Gasteiger partial charge on any atom is -0.398 e. The average Bonchev–Trinajstić information content (AvgIpc) is 3.03. The van der Waals surface area contributed by atoms with Gasteiger partial charge in [-0.1, -0.05) is 0 Å². The van der Waals surface area contributed by atoms with Gasteiger partial charge in [0.2, 0.25) is 10.0 Å². The molecule has 2 atom stereocenters. The highest BCUT2D eigenvalue weighted by Crippen LogP contribution is 2.25. The number of hydrogen-bond acceptors (Lipinski definition) is 5. The second kappa shape index (κ2) is 8.01. The molecule has 29 heavy (non-hydrogen) atoms. The molecular formula is C18H18F3N3O4S. The molecule has 0 spiro atoms. The normalized spacial score (nSPS) is 19.3. The molecule has 0 heterocycles. The maximum Gasteiger partial charge on any atom is 0.255 e. The molecule has 1 aliphatic carbocycles. The van der Waals surface area contributed by atoms with Crippen molar-refractivity contribution in [3.63, 3.8) is 0 Å². The summed E-state index contributed by atoms with van der Waals surface area (Å²) in [5.74, 6) is -5.51. The van der Waals surface area contributed by atoms with Gasteiger partial charge in [-0.05, 0) is 37.5 Å². The van der Waals surface area contributed by atoms with Crippen molar-refractivity contribution in [2.75, 3.05) is 11.1 Å². The van der Waals surface area contributed by atoms with E-state index in [1.807, 2.05) is 0 Å². The predicted molar refractivity (Wildman–Crippen MR) is 99.1 cm³/mol. The van der Waals surface area contributed by atoms with Crippen molar-refractivity contribution >= 4 is 27.3 Å². The van der Waals surface area contributed by atoms with E-state index in [-0.39, 0.29) is 28.3 Å². The fraction of sp³-hybridized carbons (Fsp3) is 0.278. The molecular weight excluding hydrogens is 411 g/mol. The molecule has 1 saturated carbocycles. The lowest BCUT2D eigenvalue weighted by Crippen LogP contribution is -2.34. The first-order valence-electron chi connectivity index (χ1n) is 8.62. The number of nitrogens with one attached hydrogen (secondary N) is 2. The molecule has 2 aromatic carbocycles. The number of nitrogen functional groups attached to an aromatic ring is 1. The third-order valence-corrected chi connectivity index (χ3v) is 6.11. The summed E-state index contributed by atoms with van der Waals surface area (Å²) in [7, 11) is -4.08. The summed E-state index contributed by atoms with van der Waals surface area (Å²) in [5, 5.41) is 11.7. The number of carbonyl (C=O) groups excluding carboxylic acids is 1. The highest BCUT2D eigenvalue weighted by molar-refractivity contribution is 7.89. The molecule has 1 fully saturated rings. The standard InChI is InChI=1S/C18H18F3N3O4S/c19-13-7-11(8-14(20)17(13)21)23-18(26)9-1-4-15(22)16(5-9)29(27,28)24-10-2-3-12(25)6-10/h1,4-5,7-8,10,12,24-25H,2-3,6,22H2,(H,23,26)/t10-,12+/m0/s1. The maximum absolute atomic E-state index is 13.3. The topological polar surface area (TPSA) is 122 Å². The monoisotopic (exact) mass is 429 g/mol. The van der Waals surface area contributed by atoms with Crippen molar-refractivity contribution in [2.24, 2.45) is 0 Å². The molecule has 0 bridgehead atoms. The Morgan fingerprint density at radius 3 is 2.34 bits per heavy atom. The van der Waals surface area contributed by atoms with Crippen LogP contribution in [0.2, 0.25) is 0 Å². The zero-order chi connectivity index (χ0) is 21.3. The van der Waals surface area contributed by atoms with Crippen LogP contribution in [-0.2, 0) is 10.0 Å². The van der Waals surface area contributed by atoms with Gasteiger partial charge in [0, 0.05) is 29.4 Å². The van der Waals surface area contributed by atoms with Crippen molar-refractivity contribution in [3.05, 3.63) is 53.3 Å². The summed E-state index contributed by atoms with van der Waals surface area (Å²) >= 11 is 0. The van der Waals surface area contributed by atoms with Gasteiger partial charge in [0.05, 0.1) is 11.8 Å². The molecule has 156 valence electrons. The minimum absolute atomic E-state index is 0.105. The largest absolute Gasteiger partial charge is 0.398 e. The van der Waals surface area contributed by atoms with E-state index in [2.05, 4.69) is 10.0 Å². The smallest absolute Gasteiger partial charge is 0.255 e.